The maximum Gasteiger partial charge on any atom is 0.227 e. The van der Waals surface area contributed by atoms with E-state index in [4.69, 9.17) is 4.74 Å². The molecular formula is C16H18BrNO2S. The first-order chi connectivity index (χ1) is 9.78. The number of carbonyl (C=O) groups is 1. The van der Waals surface area contributed by atoms with E-state index in [2.05, 4.69) is 10.1 Å². The molecule has 0 aliphatic heterocycles. The number of thiazole rings is 1. The number of benzene rings is 1. The zero-order valence-corrected chi connectivity index (χ0v) is 14.4. The van der Waals surface area contributed by atoms with Crippen molar-refractivity contribution >= 4 is 17.1 Å². The first-order valence-corrected chi connectivity index (χ1v) is 7.82. The Bertz CT molecular complexity index is 622. The van der Waals surface area contributed by atoms with Gasteiger partial charge in [-0.15, -0.1) is 0 Å². The maximum atomic E-state index is 12.3. The molecule has 1 aliphatic carbocycles. The largest absolute Gasteiger partial charge is 1.00 e. The van der Waals surface area contributed by atoms with E-state index in [1.165, 1.54) is 29.8 Å². The van der Waals surface area contributed by atoms with Crippen molar-refractivity contribution in [3.63, 3.8) is 0 Å². The van der Waals surface area contributed by atoms with Crippen molar-refractivity contribution in [2.24, 2.45) is 0 Å². The molecule has 0 saturated carbocycles. The highest BCUT2D eigenvalue weighted by Gasteiger charge is 2.24. The highest BCUT2D eigenvalue weighted by Crippen LogP contribution is 2.22. The number of ketones is 1. The summed E-state index contributed by atoms with van der Waals surface area (Å²) in [7, 11) is 1.63. The van der Waals surface area contributed by atoms with Gasteiger partial charge in [-0.3, -0.25) is 4.79 Å². The van der Waals surface area contributed by atoms with Crippen LogP contribution in [0.1, 0.15) is 33.8 Å². The molecule has 21 heavy (non-hydrogen) atoms. The number of aryl methyl sites for hydroxylation is 1. The first-order valence-electron chi connectivity index (χ1n) is 6.94. The van der Waals surface area contributed by atoms with E-state index in [1.807, 2.05) is 24.3 Å². The SMILES string of the molecule is COc1ccc(C(=O)C[n+]2csc3c2CCCC3)cc1.[Br-]. The van der Waals surface area contributed by atoms with Gasteiger partial charge in [-0.2, -0.15) is 4.57 Å². The van der Waals surface area contributed by atoms with Crippen LogP contribution >= 0.6 is 11.3 Å². The minimum Gasteiger partial charge on any atom is -1.00 e. The predicted octanol–water partition coefficient (Wildman–Crippen LogP) is -0.190. The standard InChI is InChI=1S/C16H18NO2S.BrH/c1-19-13-8-6-12(7-9-13)15(18)10-17-11-20-16-5-3-2-4-14(16)17;/h6-9,11H,2-5,10H2,1H3;1H/q+1;/p-1. The average Bonchev–Trinajstić information content (AvgIpc) is 2.91. The summed E-state index contributed by atoms with van der Waals surface area (Å²) in [5, 5.41) is 0. The Morgan fingerprint density at radius 3 is 2.67 bits per heavy atom. The molecule has 0 fully saturated rings. The fraction of sp³-hybridized carbons (Fsp3) is 0.375. The third-order valence-electron chi connectivity index (χ3n) is 3.78. The van der Waals surface area contributed by atoms with Crippen LogP contribution < -0.4 is 26.3 Å². The second kappa shape index (κ2) is 7.18. The van der Waals surface area contributed by atoms with Crippen LogP contribution in [0.4, 0.5) is 0 Å². The number of fused-ring (bicyclic) bond motifs is 1. The summed E-state index contributed by atoms with van der Waals surface area (Å²) in [5.41, 5.74) is 4.20. The van der Waals surface area contributed by atoms with E-state index >= 15 is 0 Å². The van der Waals surface area contributed by atoms with Crippen molar-refractivity contribution in [1.29, 1.82) is 0 Å². The number of aromatic nitrogens is 1. The number of hydrogen-bond donors (Lipinski definition) is 0. The van der Waals surface area contributed by atoms with Gasteiger partial charge >= 0.3 is 0 Å². The topological polar surface area (TPSA) is 30.2 Å². The fourth-order valence-electron chi connectivity index (χ4n) is 2.64. The molecule has 0 saturated heterocycles. The molecule has 0 radical (unpaired) electrons. The molecule has 112 valence electrons. The summed E-state index contributed by atoms with van der Waals surface area (Å²) in [5.74, 6) is 0.936. The quantitative estimate of drug-likeness (QED) is 0.553. The Hall–Kier alpha value is -1.20. The van der Waals surface area contributed by atoms with Crippen LogP contribution in [-0.2, 0) is 19.4 Å². The lowest BCUT2D eigenvalue weighted by atomic mass is 10.0. The Balaban J connectivity index is 0.00000161. The number of halogens is 1. The number of rotatable bonds is 4. The van der Waals surface area contributed by atoms with Gasteiger partial charge in [0.2, 0.25) is 17.8 Å². The molecule has 0 spiro atoms. The lowest BCUT2D eigenvalue weighted by Crippen LogP contribution is -3.00. The van der Waals surface area contributed by atoms with Crippen molar-refractivity contribution in [1.82, 2.24) is 0 Å². The van der Waals surface area contributed by atoms with Crippen molar-refractivity contribution in [3.8, 4) is 5.75 Å². The van der Waals surface area contributed by atoms with E-state index in [9.17, 15) is 4.79 Å². The van der Waals surface area contributed by atoms with Crippen molar-refractivity contribution in [2.45, 2.75) is 32.2 Å². The molecule has 5 heteroatoms. The van der Waals surface area contributed by atoms with Gasteiger partial charge in [-0.1, -0.05) is 11.3 Å². The molecule has 0 atom stereocenters. The second-order valence-electron chi connectivity index (χ2n) is 5.08. The van der Waals surface area contributed by atoms with E-state index in [-0.39, 0.29) is 22.8 Å². The number of nitrogens with zero attached hydrogens (tertiary/aromatic N) is 1. The van der Waals surface area contributed by atoms with Gasteiger partial charge in [0.05, 0.1) is 12.0 Å². The molecular weight excluding hydrogens is 350 g/mol. The zero-order valence-electron chi connectivity index (χ0n) is 12.0. The molecule has 0 unspecified atom stereocenters. The molecule has 2 aromatic rings. The fourth-order valence-corrected chi connectivity index (χ4v) is 3.71. The maximum absolute atomic E-state index is 12.3. The lowest BCUT2D eigenvalue weighted by molar-refractivity contribution is -0.686. The van der Waals surface area contributed by atoms with Crippen LogP contribution in [0.2, 0.25) is 0 Å². The van der Waals surface area contributed by atoms with E-state index in [0.717, 1.165) is 17.7 Å². The molecule has 0 amide bonds. The Kier molecular flexibility index (Phi) is 5.53. The molecule has 1 aromatic carbocycles. The summed E-state index contributed by atoms with van der Waals surface area (Å²) in [4.78, 5) is 13.8. The molecule has 1 heterocycles. The van der Waals surface area contributed by atoms with Gasteiger partial charge in [0.15, 0.2) is 5.69 Å². The van der Waals surface area contributed by atoms with Crippen molar-refractivity contribution in [3.05, 3.63) is 45.9 Å². The molecule has 0 bridgehead atoms. The number of Topliss-reactive ketones (excluding diaryl/α,β-unsaturated/α-hetero) is 1. The second-order valence-corrected chi connectivity index (χ2v) is 6.02. The Labute approximate surface area is 139 Å². The van der Waals surface area contributed by atoms with Crippen LogP contribution in [0.5, 0.6) is 5.75 Å². The van der Waals surface area contributed by atoms with Gasteiger partial charge in [0.1, 0.15) is 5.75 Å². The molecule has 3 nitrogen and oxygen atoms in total. The summed E-state index contributed by atoms with van der Waals surface area (Å²) in [6, 6.07) is 7.34. The first kappa shape index (κ1) is 16.2. The monoisotopic (exact) mass is 367 g/mol. The lowest BCUT2D eigenvalue weighted by Gasteiger charge is -2.07. The average molecular weight is 368 g/mol. The van der Waals surface area contributed by atoms with E-state index in [0.29, 0.717) is 6.54 Å². The van der Waals surface area contributed by atoms with Crippen LogP contribution in [0.3, 0.4) is 0 Å². The molecule has 3 rings (SSSR count). The highest BCUT2D eigenvalue weighted by molar-refractivity contribution is 7.09. The molecule has 1 aliphatic rings. The van der Waals surface area contributed by atoms with Gasteiger partial charge in [-0.05, 0) is 43.5 Å². The Morgan fingerprint density at radius 2 is 1.95 bits per heavy atom. The summed E-state index contributed by atoms with van der Waals surface area (Å²) in [6.45, 7) is 0.443. The van der Waals surface area contributed by atoms with Gasteiger partial charge in [-0.25, -0.2) is 0 Å². The minimum atomic E-state index is 0. The van der Waals surface area contributed by atoms with Crippen LogP contribution in [0, 0.1) is 0 Å². The number of hydrogen-bond acceptors (Lipinski definition) is 3. The third kappa shape index (κ3) is 3.52. The van der Waals surface area contributed by atoms with Gasteiger partial charge in [0, 0.05) is 12.0 Å². The summed E-state index contributed by atoms with van der Waals surface area (Å²) < 4.78 is 7.25. The summed E-state index contributed by atoms with van der Waals surface area (Å²) >= 11 is 1.79. The molecule has 1 aromatic heterocycles. The van der Waals surface area contributed by atoms with E-state index < -0.39 is 0 Å². The number of ether oxygens (including phenoxy) is 1. The molecule has 0 N–H and O–H groups in total. The van der Waals surface area contributed by atoms with Gasteiger partial charge < -0.3 is 21.7 Å². The highest BCUT2D eigenvalue weighted by atomic mass is 79.9. The Morgan fingerprint density at radius 1 is 1.24 bits per heavy atom. The smallest absolute Gasteiger partial charge is 0.227 e. The predicted molar refractivity (Wildman–Crippen MR) is 78.5 cm³/mol. The number of carbonyl (C=O) groups excluding carboxylic acids is 1. The minimum absolute atomic E-state index is 0. The summed E-state index contributed by atoms with van der Waals surface area (Å²) in [6.07, 6.45) is 4.79. The van der Waals surface area contributed by atoms with Gasteiger partial charge in [0.25, 0.3) is 0 Å². The van der Waals surface area contributed by atoms with Crippen LogP contribution in [-0.4, -0.2) is 12.9 Å². The van der Waals surface area contributed by atoms with Crippen LogP contribution in [0.15, 0.2) is 29.8 Å². The zero-order chi connectivity index (χ0) is 13.9. The normalized spacial score (nSPS) is 13.2. The van der Waals surface area contributed by atoms with Crippen molar-refractivity contribution in [2.75, 3.05) is 7.11 Å². The van der Waals surface area contributed by atoms with Crippen LogP contribution in [0.25, 0.3) is 0 Å². The third-order valence-corrected chi connectivity index (χ3v) is 4.87. The van der Waals surface area contributed by atoms with Crippen molar-refractivity contribution < 1.29 is 31.1 Å². The number of methoxy groups -OCH3 is 1. The van der Waals surface area contributed by atoms with E-state index in [1.54, 1.807) is 18.4 Å².